The molecule has 0 spiro atoms. The van der Waals surface area contributed by atoms with E-state index < -0.39 is 0 Å². The van der Waals surface area contributed by atoms with E-state index in [2.05, 4.69) is 5.32 Å². The number of fused-ring (bicyclic) bond motifs is 1. The summed E-state index contributed by atoms with van der Waals surface area (Å²) in [5, 5.41) is 3.85. The zero-order valence-corrected chi connectivity index (χ0v) is 15.1. The number of carbonyl (C=O) groups excluding carboxylic acids is 1. The normalized spacial score (nSPS) is 10.7. The van der Waals surface area contributed by atoms with Crippen molar-refractivity contribution < 1.29 is 18.7 Å². The number of hydrogen-bond donors (Lipinski definition) is 1. The van der Waals surface area contributed by atoms with Gasteiger partial charge in [-0.2, -0.15) is 0 Å². The van der Waals surface area contributed by atoms with Crippen molar-refractivity contribution in [3.8, 4) is 11.5 Å². The molecule has 1 heterocycles. The van der Waals surface area contributed by atoms with Gasteiger partial charge < -0.3 is 19.2 Å². The first kappa shape index (κ1) is 17.9. The molecule has 0 fully saturated rings. The van der Waals surface area contributed by atoms with Crippen molar-refractivity contribution in [1.82, 2.24) is 5.32 Å². The first-order valence-corrected chi connectivity index (χ1v) is 8.75. The van der Waals surface area contributed by atoms with Crippen LogP contribution in [0.15, 0.2) is 53.1 Å². The van der Waals surface area contributed by atoms with Gasteiger partial charge in [-0.3, -0.25) is 4.79 Å². The van der Waals surface area contributed by atoms with Crippen LogP contribution in [0.5, 0.6) is 11.5 Å². The van der Waals surface area contributed by atoms with Gasteiger partial charge in [0.25, 0.3) is 0 Å². The molecule has 3 rings (SSSR count). The predicted molar refractivity (Wildman–Crippen MR) is 101 cm³/mol. The fourth-order valence-corrected chi connectivity index (χ4v) is 2.72. The molecule has 0 saturated carbocycles. The Hall–Kier alpha value is -2.95. The number of furan rings is 1. The van der Waals surface area contributed by atoms with E-state index in [4.69, 9.17) is 13.9 Å². The van der Waals surface area contributed by atoms with Gasteiger partial charge in [-0.05, 0) is 49.7 Å². The van der Waals surface area contributed by atoms with Crippen LogP contribution in [-0.2, 0) is 11.2 Å². The third kappa shape index (κ3) is 4.57. The van der Waals surface area contributed by atoms with E-state index >= 15 is 0 Å². The average Bonchev–Trinajstić information content (AvgIpc) is 3.02. The van der Waals surface area contributed by atoms with E-state index in [1.165, 1.54) is 0 Å². The number of carbonyl (C=O) groups is 1. The number of rotatable bonds is 8. The van der Waals surface area contributed by atoms with Gasteiger partial charge in [0.1, 0.15) is 23.7 Å². The first-order valence-electron chi connectivity index (χ1n) is 8.75. The van der Waals surface area contributed by atoms with E-state index in [1.54, 1.807) is 6.26 Å². The second kappa shape index (κ2) is 8.43. The molecule has 0 atom stereocenters. The van der Waals surface area contributed by atoms with E-state index in [0.717, 1.165) is 33.6 Å². The maximum absolute atomic E-state index is 12.1. The Balaban J connectivity index is 1.44. The molecule has 1 aromatic heterocycles. The molecule has 3 aromatic rings. The third-order valence-electron chi connectivity index (χ3n) is 3.99. The summed E-state index contributed by atoms with van der Waals surface area (Å²) in [6.45, 7) is 5.45. The van der Waals surface area contributed by atoms with Gasteiger partial charge in [0.2, 0.25) is 5.91 Å². The fourth-order valence-electron chi connectivity index (χ4n) is 2.72. The molecule has 136 valence electrons. The van der Waals surface area contributed by atoms with Crippen molar-refractivity contribution in [1.29, 1.82) is 0 Å². The van der Waals surface area contributed by atoms with E-state index in [1.807, 2.05) is 56.3 Å². The summed E-state index contributed by atoms with van der Waals surface area (Å²) in [6.07, 6.45) is 1.94. The minimum absolute atomic E-state index is 0.0523. The molecule has 2 aromatic carbocycles. The summed E-state index contributed by atoms with van der Waals surface area (Å²) in [7, 11) is 0. The Labute approximate surface area is 152 Å². The molecule has 0 aliphatic heterocycles. The van der Waals surface area contributed by atoms with Crippen LogP contribution in [0, 0.1) is 6.92 Å². The average molecular weight is 353 g/mol. The topological polar surface area (TPSA) is 60.7 Å². The maximum atomic E-state index is 12.1. The summed E-state index contributed by atoms with van der Waals surface area (Å²) in [4.78, 5) is 12.1. The lowest BCUT2D eigenvalue weighted by atomic mass is 10.1. The number of benzene rings is 2. The summed E-state index contributed by atoms with van der Waals surface area (Å²) < 4.78 is 16.5. The maximum Gasteiger partial charge on any atom is 0.224 e. The van der Waals surface area contributed by atoms with Gasteiger partial charge in [0, 0.05) is 10.9 Å². The van der Waals surface area contributed by atoms with Crippen LogP contribution in [0.1, 0.15) is 18.1 Å². The molecule has 0 saturated heterocycles. The highest BCUT2D eigenvalue weighted by molar-refractivity contribution is 5.87. The summed E-state index contributed by atoms with van der Waals surface area (Å²) >= 11 is 0. The van der Waals surface area contributed by atoms with Crippen molar-refractivity contribution in [3.05, 3.63) is 59.9 Å². The van der Waals surface area contributed by atoms with E-state index in [0.29, 0.717) is 26.2 Å². The van der Waals surface area contributed by atoms with Crippen molar-refractivity contribution >= 4 is 16.9 Å². The second-order valence-corrected chi connectivity index (χ2v) is 6.04. The Kier molecular flexibility index (Phi) is 5.79. The number of aryl methyl sites for hydroxylation is 1. The quantitative estimate of drug-likeness (QED) is 0.625. The highest BCUT2D eigenvalue weighted by atomic mass is 16.5. The Bertz CT molecular complexity index is 867. The zero-order chi connectivity index (χ0) is 18.4. The smallest absolute Gasteiger partial charge is 0.224 e. The Morgan fingerprint density at radius 3 is 2.54 bits per heavy atom. The zero-order valence-electron chi connectivity index (χ0n) is 15.1. The van der Waals surface area contributed by atoms with Gasteiger partial charge in [-0.15, -0.1) is 0 Å². The number of amides is 1. The molecule has 1 amide bonds. The van der Waals surface area contributed by atoms with E-state index in [9.17, 15) is 4.79 Å². The Morgan fingerprint density at radius 2 is 1.81 bits per heavy atom. The minimum Gasteiger partial charge on any atom is -0.494 e. The SMILES string of the molecule is CCOc1ccc(OCCNC(=O)Cc2coc3cc(C)ccc23)cc1. The van der Waals surface area contributed by atoms with Gasteiger partial charge in [-0.25, -0.2) is 0 Å². The molecular formula is C21H23NO4. The molecule has 5 heteroatoms. The number of ether oxygens (including phenoxy) is 2. The number of hydrogen-bond acceptors (Lipinski definition) is 4. The van der Waals surface area contributed by atoms with Crippen molar-refractivity contribution in [2.45, 2.75) is 20.3 Å². The van der Waals surface area contributed by atoms with Crippen LogP contribution in [0.4, 0.5) is 0 Å². The summed E-state index contributed by atoms with van der Waals surface area (Å²) in [5.41, 5.74) is 2.84. The van der Waals surface area contributed by atoms with Crippen LogP contribution in [0.2, 0.25) is 0 Å². The highest BCUT2D eigenvalue weighted by Crippen LogP contribution is 2.22. The van der Waals surface area contributed by atoms with Crippen LogP contribution in [0.25, 0.3) is 11.0 Å². The van der Waals surface area contributed by atoms with Crippen molar-refractivity contribution in [2.24, 2.45) is 0 Å². The van der Waals surface area contributed by atoms with Crippen LogP contribution in [0.3, 0.4) is 0 Å². The lowest BCUT2D eigenvalue weighted by molar-refractivity contribution is -0.120. The highest BCUT2D eigenvalue weighted by Gasteiger charge is 2.10. The first-order chi connectivity index (χ1) is 12.7. The molecular weight excluding hydrogens is 330 g/mol. The minimum atomic E-state index is -0.0523. The predicted octanol–water partition coefficient (Wildman–Crippen LogP) is 3.88. The summed E-state index contributed by atoms with van der Waals surface area (Å²) in [6, 6.07) is 13.4. The van der Waals surface area contributed by atoms with Gasteiger partial charge >= 0.3 is 0 Å². The molecule has 0 radical (unpaired) electrons. The van der Waals surface area contributed by atoms with E-state index in [-0.39, 0.29) is 5.91 Å². The Morgan fingerprint density at radius 1 is 1.08 bits per heavy atom. The van der Waals surface area contributed by atoms with Gasteiger partial charge in [0.15, 0.2) is 0 Å². The molecule has 0 bridgehead atoms. The molecule has 5 nitrogen and oxygen atoms in total. The molecule has 0 unspecified atom stereocenters. The van der Waals surface area contributed by atoms with Crippen molar-refractivity contribution in [2.75, 3.05) is 19.8 Å². The molecule has 26 heavy (non-hydrogen) atoms. The largest absolute Gasteiger partial charge is 0.494 e. The lowest BCUT2D eigenvalue weighted by Gasteiger charge is -2.08. The lowest BCUT2D eigenvalue weighted by Crippen LogP contribution is -2.29. The van der Waals surface area contributed by atoms with Crippen LogP contribution >= 0.6 is 0 Å². The standard InChI is InChI=1S/C21H23NO4/c1-3-24-17-5-7-18(8-6-17)25-11-10-22-21(23)13-16-14-26-20-12-15(2)4-9-19(16)20/h4-9,12,14H,3,10-11,13H2,1-2H3,(H,22,23). The molecule has 0 aliphatic carbocycles. The van der Waals surface area contributed by atoms with Gasteiger partial charge in [0.05, 0.1) is 25.8 Å². The van der Waals surface area contributed by atoms with Gasteiger partial charge in [-0.1, -0.05) is 12.1 Å². The fraction of sp³-hybridized carbons (Fsp3) is 0.286. The second-order valence-electron chi connectivity index (χ2n) is 6.04. The molecule has 0 aliphatic rings. The monoisotopic (exact) mass is 353 g/mol. The van der Waals surface area contributed by atoms with Crippen LogP contribution < -0.4 is 14.8 Å². The van der Waals surface area contributed by atoms with Crippen LogP contribution in [-0.4, -0.2) is 25.7 Å². The summed E-state index contributed by atoms with van der Waals surface area (Å²) in [5.74, 6) is 1.51. The third-order valence-corrected chi connectivity index (χ3v) is 3.99. The molecule has 1 N–H and O–H groups in total. The number of nitrogens with one attached hydrogen (secondary N) is 1. The van der Waals surface area contributed by atoms with Crippen molar-refractivity contribution in [3.63, 3.8) is 0 Å².